The Kier molecular flexibility index (Phi) is 5.78. The summed E-state index contributed by atoms with van der Waals surface area (Å²) in [6.45, 7) is 2.33. The minimum absolute atomic E-state index is 0.171. The van der Waals surface area contributed by atoms with Crippen molar-refractivity contribution in [1.29, 1.82) is 0 Å². The van der Waals surface area contributed by atoms with Gasteiger partial charge in [-0.3, -0.25) is 0 Å². The van der Waals surface area contributed by atoms with Crippen molar-refractivity contribution in [2.75, 3.05) is 26.0 Å². The number of carbonyl (C=O) groups is 1. The molecule has 8 heteroatoms. The molecule has 4 aromatic rings. The first-order valence-corrected chi connectivity index (χ1v) is 12.8. The minimum Gasteiger partial charge on any atom is -0.497 e. The van der Waals surface area contributed by atoms with Crippen LogP contribution in [0.2, 0.25) is 0 Å². The smallest absolute Gasteiger partial charge is 0.323 e. The van der Waals surface area contributed by atoms with Crippen molar-refractivity contribution >= 4 is 23.1 Å². The average Bonchev–Trinajstić information content (AvgIpc) is 3.47. The SMILES string of the molecule is COc1ccc([C@@H]2c3cccn3-c3sc4c(c3CN2C(=O)Nc2ccccc2F)CCN(C)C4)cc1. The molecule has 2 aromatic carbocycles. The topological polar surface area (TPSA) is 49.7 Å². The second-order valence-electron chi connectivity index (χ2n) is 9.29. The summed E-state index contributed by atoms with van der Waals surface area (Å²) in [5.41, 5.74) is 4.65. The highest BCUT2D eigenvalue weighted by Gasteiger charge is 2.36. The number of aromatic nitrogens is 1. The van der Waals surface area contributed by atoms with Gasteiger partial charge in [0.2, 0.25) is 0 Å². The number of thiophene rings is 1. The number of para-hydroxylation sites is 1. The summed E-state index contributed by atoms with van der Waals surface area (Å²) in [6, 6.07) is 17.5. The molecule has 0 spiro atoms. The highest BCUT2D eigenvalue weighted by molar-refractivity contribution is 7.15. The van der Waals surface area contributed by atoms with Crippen molar-refractivity contribution in [2.24, 2.45) is 0 Å². The molecule has 2 aliphatic heterocycles. The first-order valence-electron chi connectivity index (χ1n) is 12.0. The molecule has 6 rings (SSSR count). The molecule has 0 bridgehead atoms. The maximum atomic E-state index is 14.5. The molecule has 2 amide bonds. The van der Waals surface area contributed by atoms with Crippen LogP contribution in [0, 0.1) is 5.82 Å². The van der Waals surface area contributed by atoms with Gasteiger partial charge < -0.3 is 24.4 Å². The molecule has 6 nitrogen and oxygen atoms in total. The van der Waals surface area contributed by atoms with E-state index in [0.717, 1.165) is 41.5 Å². The van der Waals surface area contributed by atoms with Gasteiger partial charge in [0.15, 0.2) is 0 Å². The van der Waals surface area contributed by atoms with Crippen LogP contribution in [-0.4, -0.2) is 41.1 Å². The molecule has 0 saturated carbocycles. The van der Waals surface area contributed by atoms with Crippen LogP contribution in [0.25, 0.3) is 5.00 Å². The third kappa shape index (κ3) is 3.86. The average molecular weight is 503 g/mol. The van der Waals surface area contributed by atoms with Crippen LogP contribution in [0.1, 0.15) is 33.3 Å². The van der Waals surface area contributed by atoms with Gasteiger partial charge in [0.1, 0.15) is 16.6 Å². The Hall–Kier alpha value is -3.62. The molecular formula is C28H27FN4O2S. The number of methoxy groups -OCH3 is 1. The predicted octanol–water partition coefficient (Wildman–Crippen LogP) is 5.81. The maximum Gasteiger partial charge on any atom is 0.323 e. The zero-order valence-corrected chi connectivity index (χ0v) is 21.0. The number of hydrogen-bond donors (Lipinski definition) is 1. The van der Waals surface area contributed by atoms with Gasteiger partial charge in [0, 0.05) is 29.7 Å². The molecule has 0 unspecified atom stereocenters. The number of urea groups is 1. The van der Waals surface area contributed by atoms with Crippen LogP contribution in [0.4, 0.5) is 14.9 Å². The van der Waals surface area contributed by atoms with E-state index in [1.807, 2.05) is 46.6 Å². The molecule has 2 aliphatic rings. The predicted molar refractivity (Wildman–Crippen MR) is 139 cm³/mol. The van der Waals surface area contributed by atoms with Crippen LogP contribution in [0.15, 0.2) is 66.9 Å². The summed E-state index contributed by atoms with van der Waals surface area (Å²) in [5, 5.41) is 4.00. The van der Waals surface area contributed by atoms with Gasteiger partial charge in [0.25, 0.3) is 0 Å². The Bertz CT molecular complexity index is 1430. The first kappa shape index (κ1) is 22.8. The van der Waals surface area contributed by atoms with E-state index < -0.39 is 5.82 Å². The normalized spacial score (nSPS) is 17.1. The summed E-state index contributed by atoms with van der Waals surface area (Å²) in [5.74, 6) is 0.295. The van der Waals surface area contributed by atoms with Crippen molar-refractivity contribution in [3.63, 3.8) is 0 Å². The fraction of sp³-hybridized carbons (Fsp3) is 0.250. The van der Waals surface area contributed by atoms with Crippen LogP contribution in [-0.2, 0) is 19.5 Å². The number of nitrogens with one attached hydrogen (secondary N) is 1. The van der Waals surface area contributed by atoms with Gasteiger partial charge in [0.05, 0.1) is 31.1 Å². The zero-order valence-electron chi connectivity index (χ0n) is 20.2. The number of carbonyl (C=O) groups excluding carboxylic acids is 1. The number of hydrogen-bond acceptors (Lipinski definition) is 4. The van der Waals surface area contributed by atoms with E-state index >= 15 is 0 Å². The number of fused-ring (bicyclic) bond motifs is 5. The number of likely N-dealkylation sites (N-methyl/N-ethyl adjacent to an activating group) is 1. The van der Waals surface area contributed by atoms with Crippen molar-refractivity contribution in [3.05, 3.63) is 99.9 Å². The number of ether oxygens (including phenoxy) is 1. The summed E-state index contributed by atoms with van der Waals surface area (Å²) in [4.78, 5) is 19.4. The molecule has 1 N–H and O–H groups in total. The van der Waals surface area contributed by atoms with Crippen molar-refractivity contribution in [3.8, 4) is 10.8 Å². The van der Waals surface area contributed by atoms with E-state index in [-0.39, 0.29) is 17.8 Å². The number of benzene rings is 2. The van der Waals surface area contributed by atoms with Crippen LogP contribution in [0.3, 0.4) is 0 Å². The van der Waals surface area contributed by atoms with E-state index in [9.17, 15) is 9.18 Å². The first-order chi connectivity index (χ1) is 17.5. The number of anilines is 1. The van der Waals surface area contributed by atoms with Gasteiger partial charge in [-0.05, 0) is 61.0 Å². The van der Waals surface area contributed by atoms with Crippen molar-refractivity contribution < 1.29 is 13.9 Å². The molecule has 36 heavy (non-hydrogen) atoms. The Balaban J connectivity index is 1.49. The maximum absolute atomic E-state index is 14.5. The zero-order chi connectivity index (χ0) is 24.8. The van der Waals surface area contributed by atoms with Gasteiger partial charge in [-0.2, -0.15) is 0 Å². The monoisotopic (exact) mass is 502 g/mol. The summed E-state index contributed by atoms with van der Waals surface area (Å²) < 4.78 is 22.1. The fourth-order valence-electron chi connectivity index (χ4n) is 5.24. The van der Waals surface area contributed by atoms with Gasteiger partial charge in [-0.1, -0.05) is 24.3 Å². The molecule has 0 fully saturated rings. The lowest BCUT2D eigenvalue weighted by Gasteiger charge is -2.32. The lowest BCUT2D eigenvalue weighted by Crippen LogP contribution is -2.38. The lowest BCUT2D eigenvalue weighted by atomic mass is 10.00. The third-order valence-corrected chi connectivity index (χ3v) is 8.32. The molecule has 0 aliphatic carbocycles. The number of halogens is 1. The van der Waals surface area contributed by atoms with Crippen molar-refractivity contribution in [2.45, 2.75) is 25.6 Å². The van der Waals surface area contributed by atoms with E-state index in [4.69, 9.17) is 4.74 Å². The molecule has 184 valence electrons. The fourth-order valence-corrected chi connectivity index (χ4v) is 6.68. The van der Waals surface area contributed by atoms with Gasteiger partial charge >= 0.3 is 6.03 Å². The highest BCUT2D eigenvalue weighted by atomic mass is 32.1. The highest BCUT2D eigenvalue weighted by Crippen LogP contribution is 2.43. The molecular weight excluding hydrogens is 475 g/mol. The summed E-state index contributed by atoms with van der Waals surface area (Å²) in [7, 11) is 3.78. The summed E-state index contributed by atoms with van der Waals surface area (Å²) >= 11 is 1.81. The Morgan fingerprint density at radius 2 is 1.86 bits per heavy atom. The van der Waals surface area contributed by atoms with E-state index in [1.165, 1.54) is 22.1 Å². The molecule has 4 heterocycles. The van der Waals surface area contributed by atoms with Crippen LogP contribution >= 0.6 is 11.3 Å². The van der Waals surface area contributed by atoms with Gasteiger partial charge in [-0.25, -0.2) is 9.18 Å². The molecule has 0 radical (unpaired) electrons. The lowest BCUT2D eigenvalue weighted by molar-refractivity contribution is 0.194. The quantitative estimate of drug-likeness (QED) is 0.385. The second kappa shape index (κ2) is 9.11. The van der Waals surface area contributed by atoms with Crippen LogP contribution < -0.4 is 10.1 Å². The Morgan fingerprint density at radius 3 is 2.64 bits per heavy atom. The minimum atomic E-state index is -0.457. The van der Waals surface area contributed by atoms with E-state index in [2.05, 4.69) is 34.1 Å². The second-order valence-corrected chi connectivity index (χ2v) is 10.4. The standard InChI is InChI=1S/C28H27FN4O2S/c1-31-15-13-20-21-16-33(28(34)30-23-7-4-3-6-22(23)29)26(18-9-11-19(35-2)12-10-18)24-8-5-14-32(24)27(21)36-25(20)17-31/h3-12,14,26H,13,15-17H2,1-2H3,(H,30,34)/t26-/m1/s1. The largest absolute Gasteiger partial charge is 0.497 e. The Labute approximate surface area is 213 Å². The molecule has 1 atom stereocenters. The number of rotatable bonds is 3. The van der Waals surface area contributed by atoms with Crippen molar-refractivity contribution in [1.82, 2.24) is 14.4 Å². The Morgan fingerprint density at radius 1 is 1.06 bits per heavy atom. The van der Waals surface area contributed by atoms with E-state index in [0.29, 0.717) is 6.54 Å². The number of amides is 2. The third-order valence-electron chi connectivity index (χ3n) is 7.06. The number of nitrogens with zero attached hydrogens (tertiary/aromatic N) is 3. The molecule has 0 saturated heterocycles. The van der Waals surface area contributed by atoms with Gasteiger partial charge in [-0.15, -0.1) is 11.3 Å². The van der Waals surface area contributed by atoms with Crippen LogP contribution in [0.5, 0.6) is 5.75 Å². The summed E-state index contributed by atoms with van der Waals surface area (Å²) in [6.07, 6.45) is 3.03. The molecule has 2 aromatic heterocycles. The van der Waals surface area contributed by atoms with E-state index in [1.54, 1.807) is 25.3 Å².